The third-order valence-corrected chi connectivity index (χ3v) is 5.89. The lowest BCUT2D eigenvalue weighted by molar-refractivity contribution is -0.147. The average molecular weight is 377 g/mol. The summed E-state index contributed by atoms with van der Waals surface area (Å²) in [7, 11) is 2.12. The number of phenolic OH excluding ortho intramolecular Hbond substituents is 1. The molecule has 152 valence electrons. The van der Waals surface area contributed by atoms with E-state index in [1.165, 1.54) is 0 Å². The fraction of sp³-hybridized carbons (Fsp3) is 0.682. The number of hydrogen-bond donors (Lipinski definition) is 1. The Bertz CT molecular complexity index is 597. The van der Waals surface area contributed by atoms with Crippen molar-refractivity contribution in [2.24, 2.45) is 0 Å². The number of benzene rings is 1. The van der Waals surface area contributed by atoms with Crippen molar-refractivity contribution in [1.82, 2.24) is 9.80 Å². The summed E-state index contributed by atoms with van der Waals surface area (Å²) >= 11 is 0. The van der Waals surface area contributed by atoms with Gasteiger partial charge < -0.3 is 24.4 Å². The van der Waals surface area contributed by atoms with Crippen LogP contribution in [0.4, 0.5) is 0 Å². The Labute approximate surface area is 164 Å². The number of para-hydroxylation sites is 1. The van der Waals surface area contributed by atoms with Crippen LogP contribution >= 0.6 is 0 Å². The van der Waals surface area contributed by atoms with Gasteiger partial charge in [-0.05, 0) is 65.6 Å². The smallest absolute Gasteiger partial charge is 0.148 e. The van der Waals surface area contributed by atoms with Crippen LogP contribution in [0.15, 0.2) is 24.3 Å². The fourth-order valence-electron chi connectivity index (χ4n) is 3.88. The molecule has 0 saturated carbocycles. The second-order valence-corrected chi connectivity index (χ2v) is 8.37. The molecule has 2 rings (SSSR count). The number of aldehydes is 1. The fourth-order valence-corrected chi connectivity index (χ4v) is 3.88. The van der Waals surface area contributed by atoms with Gasteiger partial charge in [-0.3, -0.25) is 0 Å². The molecule has 0 amide bonds. The molecular formula is C22H36N2O3. The van der Waals surface area contributed by atoms with E-state index in [0.29, 0.717) is 17.8 Å². The van der Waals surface area contributed by atoms with Crippen LogP contribution in [0.5, 0.6) is 5.75 Å². The number of ether oxygens (including phenoxy) is 1. The predicted octanol–water partition coefficient (Wildman–Crippen LogP) is 3.10. The Morgan fingerprint density at radius 1 is 1.22 bits per heavy atom. The lowest BCUT2D eigenvalue weighted by Gasteiger charge is -2.46. The van der Waals surface area contributed by atoms with Crippen LogP contribution in [0.25, 0.3) is 0 Å². The number of likely N-dealkylation sites (N-methyl/N-ethyl adjacent to an activating group) is 1. The molecule has 0 aromatic heterocycles. The van der Waals surface area contributed by atoms with Crippen molar-refractivity contribution >= 4 is 6.29 Å². The van der Waals surface area contributed by atoms with E-state index in [4.69, 9.17) is 4.74 Å². The van der Waals surface area contributed by atoms with Crippen molar-refractivity contribution in [3.05, 3.63) is 29.8 Å². The van der Waals surface area contributed by atoms with Crippen LogP contribution in [0.2, 0.25) is 0 Å². The topological polar surface area (TPSA) is 53.0 Å². The first-order valence-electron chi connectivity index (χ1n) is 10.1. The number of hydrogen-bond acceptors (Lipinski definition) is 5. The number of likely N-dealkylation sites (tertiary alicyclic amines) is 1. The zero-order chi connectivity index (χ0) is 20.0. The molecule has 1 aromatic rings. The normalized spacial score (nSPS) is 20.0. The summed E-state index contributed by atoms with van der Waals surface area (Å²) in [5.74, 6) is 0.373. The van der Waals surface area contributed by atoms with Crippen LogP contribution in [0, 0.1) is 0 Å². The Morgan fingerprint density at radius 3 is 2.41 bits per heavy atom. The van der Waals surface area contributed by atoms with Crippen molar-refractivity contribution in [1.29, 1.82) is 0 Å². The summed E-state index contributed by atoms with van der Waals surface area (Å²) in [6.45, 7) is 11.1. The van der Waals surface area contributed by atoms with Gasteiger partial charge in [0.25, 0.3) is 0 Å². The Kier molecular flexibility index (Phi) is 7.83. The monoisotopic (exact) mass is 376 g/mol. The largest absolute Gasteiger partial charge is 0.508 e. The van der Waals surface area contributed by atoms with Crippen LogP contribution in [-0.4, -0.2) is 71.7 Å². The summed E-state index contributed by atoms with van der Waals surface area (Å²) in [5.41, 5.74) is 0.719. The first-order chi connectivity index (χ1) is 12.8. The van der Waals surface area contributed by atoms with Crippen molar-refractivity contribution in [3.63, 3.8) is 0 Å². The zero-order valence-corrected chi connectivity index (χ0v) is 17.5. The Morgan fingerprint density at radius 2 is 1.85 bits per heavy atom. The third-order valence-electron chi connectivity index (χ3n) is 5.89. The molecule has 1 heterocycles. The molecule has 1 saturated heterocycles. The molecule has 5 heteroatoms. The van der Waals surface area contributed by atoms with Crippen LogP contribution in [0.1, 0.15) is 46.1 Å². The van der Waals surface area contributed by atoms with Gasteiger partial charge in [-0.25, -0.2) is 0 Å². The highest BCUT2D eigenvalue weighted by Crippen LogP contribution is 2.31. The van der Waals surface area contributed by atoms with E-state index in [2.05, 4.69) is 37.6 Å². The van der Waals surface area contributed by atoms with Gasteiger partial charge in [-0.2, -0.15) is 0 Å². The molecule has 0 aliphatic carbocycles. The minimum atomic E-state index is -0.379. The summed E-state index contributed by atoms with van der Waals surface area (Å²) in [6, 6.07) is 8.36. The second kappa shape index (κ2) is 9.67. The van der Waals surface area contributed by atoms with E-state index in [9.17, 15) is 9.90 Å². The van der Waals surface area contributed by atoms with E-state index in [1.54, 1.807) is 6.07 Å². The van der Waals surface area contributed by atoms with Crippen molar-refractivity contribution in [2.45, 2.75) is 70.7 Å². The molecule has 2 atom stereocenters. The SMILES string of the molecule is CC(C=O)OC1(CN(C)C(C)C)CCN(C(C)Cc2ccccc2O)CC1. The lowest BCUT2D eigenvalue weighted by atomic mass is 9.88. The highest BCUT2D eigenvalue weighted by atomic mass is 16.5. The lowest BCUT2D eigenvalue weighted by Crippen LogP contribution is -2.55. The van der Waals surface area contributed by atoms with Crippen molar-refractivity contribution in [2.75, 3.05) is 26.7 Å². The first-order valence-corrected chi connectivity index (χ1v) is 10.1. The molecule has 0 spiro atoms. The summed E-state index contributed by atoms with van der Waals surface area (Å²) in [5, 5.41) is 10.0. The molecule has 0 radical (unpaired) electrons. The second-order valence-electron chi connectivity index (χ2n) is 8.37. The number of rotatable bonds is 9. The number of piperidine rings is 1. The number of phenols is 1. The number of carbonyl (C=O) groups is 1. The molecule has 27 heavy (non-hydrogen) atoms. The van der Waals surface area contributed by atoms with Crippen LogP contribution in [0.3, 0.4) is 0 Å². The van der Waals surface area contributed by atoms with Crippen LogP contribution < -0.4 is 0 Å². The van der Waals surface area contributed by atoms with Crippen LogP contribution in [-0.2, 0) is 16.0 Å². The van der Waals surface area contributed by atoms with Gasteiger partial charge in [0.15, 0.2) is 0 Å². The number of aromatic hydroxyl groups is 1. The highest BCUT2D eigenvalue weighted by Gasteiger charge is 2.39. The zero-order valence-electron chi connectivity index (χ0n) is 17.5. The van der Waals surface area contributed by atoms with Crippen molar-refractivity contribution < 1.29 is 14.6 Å². The van der Waals surface area contributed by atoms with E-state index in [-0.39, 0.29) is 11.7 Å². The Balaban J connectivity index is 2.01. The molecule has 1 aliphatic heterocycles. The molecular weight excluding hydrogens is 340 g/mol. The highest BCUT2D eigenvalue weighted by molar-refractivity contribution is 5.55. The quantitative estimate of drug-likeness (QED) is 0.671. The Hall–Kier alpha value is -1.43. The molecule has 1 aromatic carbocycles. The molecule has 1 aliphatic rings. The predicted molar refractivity (Wildman–Crippen MR) is 109 cm³/mol. The van der Waals surface area contributed by atoms with Gasteiger partial charge >= 0.3 is 0 Å². The van der Waals surface area contributed by atoms with E-state index < -0.39 is 0 Å². The van der Waals surface area contributed by atoms with Gasteiger partial charge in [-0.15, -0.1) is 0 Å². The summed E-state index contributed by atoms with van der Waals surface area (Å²) in [6.07, 6.45) is 3.16. The van der Waals surface area contributed by atoms with Crippen molar-refractivity contribution in [3.8, 4) is 5.75 Å². The molecule has 1 N–H and O–H groups in total. The van der Waals surface area contributed by atoms with Gasteiger partial charge in [0.1, 0.15) is 18.1 Å². The maximum Gasteiger partial charge on any atom is 0.148 e. The maximum absolute atomic E-state index is 11.2. The standard InChI is InChI=1S/C22H36N2O3/c1-17(2)23(5)16-22(27-19(4)15-25)10-12-24(13-11-22)18(3)14-20-8-6-7-9-21(20)26/h6-9,15,17-19,26H,10-14,16H2,1-5H3. The van der Waals surface area contributed by atoms with E-state index in [1.807, 2.05) is 25.1 Å². The van der Waals surface area contributed by atoms with E-state index in [0.717, 1.165) is 50.7 Å². The van der Waals surface area contributed by atoms with Gasteiger partial charge in [0, 0.05) is 31.7 Å². The molecule has 5 nitrogen and oxygen atoms in total. The number of carbonyl (C=O) groups excluding carboxylic acids is 1. The first kappa shape index (κ1) is 21.9. The van der Waals surface area contributed by atoms with E-state index >= 15 is 0 Å². The minimum Gasteiger partial charge on any atom is -0.508 e. The van der Waals surface area contributed by atoms with Gasteiger partial charge in [0.2, 0.25) is 0 Å². The summed E-state index contributed by atoms with van der Waals surface area (Å²) < 4.78 is 6.24. The average Bonchev–Trinajstić information content (AvgIpc) is 2.63. The van der Waals surface area contributed by atoms with Gasteiger partial charge in [-0.1, -0.05) is 18.2 Å². The molecule has 2 unspecified atom stereocenters. The minimum absolute atomic E-state index is 0.273. The number of nitrogens with zero attached hydrogens (tertiary/aromatic N) is 2. The third kappa shape index (κ3) is 6.03. The van der Waals surface area contributed by atoms with Gasteiger partial charge in [0.05, 0.1) is 5.60 Å². The summed E-state index contributed by atoms with van der Waals surface area (Å²) in [4.78, 5) is 15.9. The molecule has 1 fully saturated rings. The molecule has 0 bridgehead atoms. The maximum atomic E-state index is 11.2.